The minimum absolute atomic E-state index is 0.00661. The van der Waals surface area contributed by atoms with Crippen molar-refractivity contribution in [3.05, 3.63) is 287 Å². The summed E-state index contributed by atoms with van der Waals surface area (Å²) in [6.07, 6.45) is 16.2. The maximum Gasteiger partial charge on any atom is 0.246 e. The van der Waals surface area contributed by atoms with Gasteiger partial charge in [-0.2, -0.15) is 0 Å². The summed E-state index contributed by atoms with van der Waals surface area (Å²) in [7, 11) is 0. The van der Waals surface area contributed by atoms with E-state index in [2.05, 4.69) is 26.6 Å². The van der Waals surface area contributed by atoms with Crippen LogP contribution in [0.4, 0.5) is 0 Å². The number of carbonyl (C=O) groups is 16. The van der Waals surface area contributed by atoms with E-state index in [1.807, 2.05) is 243 Å². The quantitative estimate of drug-likeness (QED) is 0.0600. The average Bonchev–Trinajstić information content (AvgIpc) is 1.66. The van der Waals surface area contributed by atoms with Gasteiger partial charge in [-0.3, -0.25) is 76.7 Å². The second kappa shape index (κ2) is 50.7. The Morgan fingerprint density at radius 2 is 0.426 bits per heavy atom. The van der Waals surface area contributed by atoms with Crippen LogP contribution in [0.2, 0.25) is 0 Å². The van der Waals surface area contributed by atoms with Gasteiger partial charge in [-0.25, -0.2) is 0 Å². The van der Waals surface area contributed by atoms with Crippen molar-refractivity contribution >= 4 is 94.0 Å². The molecule has 12 aliphatic rings. The van der Waals surface area contributed by atoms with Crippen molar-refractivity contribution in [3.63, 3.8) is 0 Å². The Morgan fingerprint density at radius 1 is 0.196 bits per heavy atom. The summed E-state index contributed by atoms with van der Waals surface area (Å²) in [5.41, 5.74) is 8.03. The van der Waals surface area contributed by atoms with Crippen LogP contribution in [0.1, 0.15) is 199 Å². The second-order valence-electron chi connectivity index (χ2n) is 42.5. The van der Waals surface area contributed by atoms with Crippen LogP contribution in [0.25, 0.3) is 0 Å². The van der Waals surface area contributed by atoms with Gasteiger partial charge in [0.1, 0.15) is 59.6 Å². The molecule has 28 heteroatoms. The van der Waals surface area contributed by atoms with E-state index in [4.69, 9.17) is 0 Å². The molecule has 28 nitrogen and oxygen atoms in total. The number of carbonyl (C=O) groups excluding carboxylic acids is 16. The highest BCUT2D eigenvalue weighted by Gasteiger charge is 2.51. The van der Waals surface area contributed by atoms with Gasteiger partial charge in [0.15, 0.2) is 5.78 Å². The molecule has 0 bridgehead atoms. The first-order chi connectivity index (χ1) is 72.0. The molecule has 776 valence electrons. The van der Waals surface area contributed by atoms with Crippen LogP contribution in [0.3, 0.4) is 0 Å². The Kier molecular flexibility index (Phi) is 36.1. The summed E-state index contributed by atoms with van der Waals surface area (Å²) in [6.45, 7) is 3.58. The lowest BCUT2D eigenvalue weighted by Crippen LogP contribution is -2.54. The van der Waals surface area contributed by atoms with Gasteiger partial charge in [-0.05, 0) is 192 Å². The number of hydrogen-bond donors (Lipinski definition) is 5. The summed E-state index contributed by atoms with van der Waals surface area (Å²) >= 11 is 0. The van der Waals surface area contributed by atoms with Crippen LogP contribution in [0, 0.1) is 29.6 Å². The van der Waals surface area contributed by atoms with Crippen LogP contribution in [0.15, 0.2) is 243 Å². The first kappa shape index (κ1) is 105. The Labute approximate surface area is 867 Å². The van der Waals surface area contributed by atoms with E-state index in [0.717, 1.165) is 95.9 Å². The number of amides is 12. The fraction of sp³-hybridized carbons (Fsp3) is 0.467. The molecular formula is C120H140N12O16. The molecule has 0 radical (unpaired) electrons. The van der Waals surface area contributed by atoms with Gasteiger partial charge in [-0.1, -0.05) is 249 Å². The second-order valence-corrected chi connectivity index (χ2v) is 42.5. The summed E-state index contributed by atoms with van der Waals surface area (Å²) in [5.74, 6) is -4.52. The number of benzene rings is 8. The van der Waals surface area contributed by atoms with Gasteiger partial charge in [0.2, 0.25) is 70.9 Å². The van der Waals surface area contributed by atoms with Crippen molar-refractivity contribution in [2.75, 3.05) is 45.8 Å². The largest absolute Gasteiger partial charge is 0.352 e. The van der Waals surface area contributed by atoms with Crippen LogP contribution in [-0.2, 0) is 128 Å². The molecule has 11 aliphatic heterocycles. The van der Waals surface area contributed by atoms with E-state index in [-0.39, 0.29) is 145 Å². The van der Waals surface area contributed by atoms with Crippen LogP contribution in [-0.4, -0.2) is 247 Å². The lowest BCUT2D eigenvalue weighted by molar-refractivity contribution is -0.148. The van der Waals surface area contributed by atoms with Gasteiger partial charge in [0, 0.05) is 151 Å². The molecule has 148 heavy (non-hydrogen) atoms. The van der Waals surface area contributed by atoms with E-state index in [0.29, 0.717) is 155 Å². The van der Waals surface area contributed by atoms with Crippen molar-refractivity contribution < 1.29 is 76.7 Å². The zero-order valence-corrected chi connectivity index (χ0v) is 84.6. The fourth-order valence-corrected chi connectivity index (χ4v) is 24.8. The maximum absolute atomic E-state index is 13.9. The highest BCUT2D eigenvalue weighted by atomic mass is 16.2. The molecule has 1 aliphatic carbocycles. The smallest absolute Gasteiger partial charge is 0.246 e. The Morgan fingerprint density at radius 3 is 0.716 bits per heavy atom. The third-order valence-corrected chi connectivity index (χ3v) is 32.0. The highest BCUT2D eigenvalue weighted by molar-refractivity contribution is 6.00. The van der Waals surface area contributed by atoms with Crippen LogP contribution >= 0.6 is 0 Å². The minimum Gasteiger partial charge on any atom is -0.352 e. The number of nitrogens with one attached hydrogen (secondary N) is 5. The molecule has 12 amide bonds. The predicted octanol–water partition coefficient (Wildman–Crippen LogP) is 11.6. The van der Waals surface area contributed by atoms with Crippen molar-refractivity contribution in [1.82, 2.24) is 60.9 Å². The van der Waals surface area contributed by atoms with E-state index in [1.54, 1.807) is 34.3 Å². The summed E-state index contributed by atoms with van der Waals surface area (Å²) in [5, 5.41) is 15.4. The number of rotatable bonds is 16. The Hall–Kier alpha value is -13.9. The van der Waals surface area contributed by atoms with Crippen molar-refractivity contribution in [1.29, 1.82) is 0 Å². The molecule has 0 aromatic heterocycles. The van der Waals surface area contributed by atoms with Gasteiger partial charge < -0.3 is 60.9 Å². The Bertz CT molecular complexity index is 5270. The highest BCUT2D eigenvalue weighted by Crippen LogP contribution is 2.39. The first-order valence-electron chi connectivity index (χ1n) is 54.0. The third kappa shape index (κ3) is 27.0. The lowest BCUT2D eigenvalue weighted by atomic mass is 9.86. The summed E-state index contributed by atoms with van der Waals surface area (Å²) in [6, 6.07) is 71.7. The topological polar surface area (TPSA) is 356 Å². The molecule has 5 N–H and O–H groups in total. The minimum atomic E-state index is -0.767. The first-order valence-corrected chi connectivity index (χ1v) is 54.0. The molecule has 1 saturated carbocycles. The number of Topliss-reactive ketones (excluding diaryl/α,β-unsaturated/α-hetero) is 4. The molecule has 1 unspecified atom stereocenters. The van der Waals surface area contributed by atoms with E-state index >= 15 is 0 Å². The molecule has 12 fully saturated rings. The molecule has 11 heterocycles. The molecular weight excluding hydrogens is 1870 g/mol. The molecule has 8 aromatic carbocycles. The standard InChI is InChI=1S/4C30H35N3O4/c3*34-25-19-23(17-21-9-3-1-4-10-21)29(36)33-16-8-14-27(33)30(37)32-15-7-13-26(32)28(35)31-24(20-25)18-22-11-5-2-6-12-22;34-27-19-22(17-20-9-3-1-4-10-20)31-29(36)24-14-7-13-23(24)28(35)26-15-8-16-33(26)30(37)25(32-27)18-21-11-5-2-6-12-21/h3*1-6,9-12,23-24,26-27H,7-8,13-20H2,(H,31,35);1-6,9-12,22-26H,7-8,13-19H2,(H,31,36)(H,32,34)/t23-,24+,26+,27-;23-,24+,26-,27+;23-,24-,26+,27+;22-,23?,24-,25+,26+/m1110/s1. The maximum atomic E-state index is 13.9. The Balaban J connectivity index is 0.000000135. The summed E-state index contributed by atoms with van der Waals surface area (Å²) in [4.78, 5) is 229. The van der Waals surface area contributed by atoms with Crippen LogP contribution < -0.4 is 26.6 Å². The van der Waals surface area contributed by atoms with Gasteiger partial charge in [-0.15, -0.1) is 0 Å². The lowest BCUT2D eigenvalue weighted by Gasteiger charge is -2.32. The SMILES string of the molecule is O=C1C[C@@H](Cc2ccccc2)NC(=O)[C@@H]2CCCN2C(=O)[C@@H]2CCCN2C(=O)[C@H](Cc2ccccc2)C1.O=C1C[C@H](Cc2ccccc2)NC(=O)[C@@H]2CCCN2C(=O)[C@H]2CCCN2C(=O)[C@H](Cc2ccccc2)C1.O=C1C[C@H](Cc2ccccc2)NC(=O)[C@H]2CCCC2C(=O)[C@H]2CCCN2C(=O)[C@@H](Cc2ccccc2)N1.O=C1C[C@H](Cc2ccccc2)NC(=O)[C@H]2CCCN2C(=O)[C@@H]2CCCN2C(=O)[C@H](Cc2ccccc2)C1. The average molecular weight is 2010 g/mol. The van der Waals surface area contributed by atoms with E-state index in [1.165, 1.54) is 0 Å². The van der Waals surface area contributed by atoms with Gasteiger partial charge in [0.05, 0.1) is 6.04 Å². The number of nitrogens with zero attached hydrogens (tertiary/aromatic N) is 7. The van der Waals surface area contributed by atoms with Gasteiger partial charge >= 0.3 is 0 Å². The van der Waals surface area contributed by atoms with E-state index < -0.39 is 96.2 Å². The molecule has 0 spiro atoms. The number of ketones is 4. The molecule has 17 atom stereocenters. The zero-order valence-electron chi connectivity index (χ0n) is 84.6. The monoisotopic (exact) mass is 2010 g/mol. The van der Waals surface area contributed by atoms with Crippen LogP contribution in [0.5, 0.6) is 0 Å². The normalized spacial score (nSPS) is 27.6. The molecule has 11 saturated heterocycles. The van der Waals surface area contributed by atoms with Crippen molar-refractivity contribution in [2.45, 2.75) is 278 Å². The third-order valence-electron chi connectivity index (χ3n) is 32.0. The van der Waals surface area contributed by atoms with E-state index in [9.17, 15) is 76.7 Å². The summed E-state index contributed by atoms with van der Waals surface area (Å²) < 4.78 is 0. The molecule has 8 aromatic rings. The number of hydrogen-bond acceptors (Lipinski definition) is 16. The zero-order chi connectivity index (χ0) is 103. The number of fused-ring (bicyclic) bond motifs is 8. The predicted molar refractivity (Wildman–Crippen MR) is 558 cm³/mol. The van der Waals surface area contributed by atoms with Crippen molar-refractivity contribution in [2.24, 2.45) is 29.6 Å². The fourth-order valence-electron chi connectivity index (χ4n) is 24.8. The van der Waals surface area contributed by atoms with Gasteiger partial charge in [0.25, 0.3) is 0 Å². The molecule has 20 rings (SSSR count). The van der Waals surface area contributed by atoms with Crippen molar-refractivity contribution in [3.8, 4) is 0 Å².